The molecule has 8 unspecified atom stereocenters. The minimum atomic E-state index is -4.08. The van der Waals surface area contributed by atoms with Crippen LogP contribution in [0.15, 0.2) is 0 Å². The Hall–Kier alpha value is -0.154. The van der Waals surface area contributed by atoms with Gasteiger partial charge in [-0.05, 0) is 104 Å². The molecule has 0 aromatic rings. The molecule has 378 valence electrons. The molecule has 8 saturated carbocycles. The summed E-state index contributed by atoms with van der Waals surface area (Å²) in [6, 6.07) is 0. The van der Waals surface area contributed by atoms with Gasteiger partial charge in [0.1, 0.15) is 17.3 Å². The number of hydrogen-bond acceptors (Lipinski definition) is 13. The molecule has 23 heteroatoms. The number of alkyl halides is 1. The van der Waals surface area contributed by atoms with Crippen LogP contribution < -0.4 is 0 Å². The molecule has 0 saturated heterocycles. The molecule has 8 fully saturated rings. The fourth-order valence-electron chi connectivity index (χ4n) is 13.9. The Balaban J connectivity index is 0.000000414. The van der Waals surface area contributed by atoms with Crippen molar-refractivity contribution in [3.05, 3.63) is 0 Å². The molecule has 8 aliphatic carbocycles. The number of rotatable bonds is 6. The fraction of sp³-hybridized carbons (Fsp3) is 0.884. The van der Waals surface area contributed by atoms with Crippen LogP contribution in [-0.4, -0.2) is 110 Å². The summed E-state index contributed by atoms with van der Waals surface area (Å²) >= 11 is -1.01. The molecule has 1 N–H and O–H groups in total. The van der Waals surface area contributed by atoms with E-state index in [9.17, 15) is 45.2 Å². The molecule has 0 heterocycles. The third-order valence-corrected chi connectivity index (χ3v) is 20.4. The van der Waals surface area contributed by atoms with Gasteiger partial charge in [-0.25, -0.2) is 12.6 Å². The SMILES string of the molecule is CC1(C)C2CCC1(CS(=O)(=O)Cl)C(=O)C2.CC1(C)C2CCC1(CS(=O)(=O)O)C(=O)C2.CCC12CCC(C(=O)C1=O)C2(C)C.CCC12CCC(CC1=O)C2(C)C.O=S(Cl)Cl.O=[Se]=O.[2H]CF.[O]=[Mg]. The number of carbonyl (C=O) groups is 5. The van der Waals surface area contributed by atoms with Crippen molar-refractivity contribution in [3.8, 4) is 0 Å². The molecule has 0 aliphatic heterocycles. The summed E-state index contributed by atoms with van der Waals surface area (Å²) in [7, 11) is 3.99. The Labute approximate surface area is 427 Å². The molecule has 0 amide bonds. The predicted octanol–water partition coefficient (Wildman–Crippen LogP) is 8.49. The fourth-order valence-corrected chi connectivity index (χ4v) is 17.0. The first-order chi connectivity index (χ1) is 30.5. The van der Waals surface area contributed by atoms with E-state index >= 15 is 0 Å². The summed E-state index contributed by atoms with van der Waals surface area (Å²) in [6.45, 7) is 20.8. The normalized spacial score (nSPS) is 34.8. The van der Waals surface area contributed by atoms with Crippen LogP contribution in [-0.2, 0) is 63.2 Å². The van der Waals surface area contributed by atoms with Crippen LogP contribution in [0.2, 0.25) is 0 Å². The zero-order valence-electron chi connectivity index (χ0n) is 40.7. The van der Waals surface area contributed by atoms with Crippen molar-refractivity contribution in [1.29, 1.82) is 0 Å². The van der Waals surface area contributed by atoms with Crippen molar-refractivity contribution in [2.45, 2.75) is 153 Å². The number of hydrogen-bond donors (Lipinski definition) is 1. The van der Waals surface area contributed by atoms with Gasteiger partial charge in [-0.3, -0.25) is 32.9 Å². The van der Waals surface area contributed by atoms with Crippen molar-refractivity contribution < 1.29 is 66.2 Å². The minimum absolute atomic E-state index is 0.0138. The molecule has 14 nitrogen and oxygen atoms in total. The van der Waals surface area contributed by atoms with E-state index in [0.29, 0.717) is 70.4 Å². The van der Waals surface area contributed by atoms with E-state index in [1.807, 2.05) is 34.6 Å². The summed E-state index contributed by atoms with van der Waals surface area (Å²) in [5.41, 5.74) is -2.09. The Bertz CT molecular complexity index is 2080. The monoisotopic (exact) mass is 1130 g/mol. The van der Waals surface area contributed by atoms with Gasteiger partial charge in [0, 0.05) is 73.5 Å². The molecule has 8 aliphatic rings. The van der Waals surface area contributed by atoms with Gasteiger partial charge in [-0.1, -0.05) is 69.2 Å². The van der Waals surface area contributed by atoms with Crippen LogP contribution in [0.3, 0.4) is 0 Å². The first-order valence-corrected chi connectivity index (χ1v) is 30.7. The molecule has 66 heavy (non-hydrogen) atoms. The van der Waals surface area contributed by atoms with Crippen molar-refractivity contribution in [1.82, 2.24) is 0 Å². The zero-order valence-corrected chi connectivity index (χ0v) is 47.6. The first kappa shape index (κ1) is 62.0. The third kappa shape index (κ3) is 11.9. The Morgan fingerprint density at radius 1 is 0.667 bits per heavy atom. The first-order valence-electron chi connectivity index (χ1n) is 22.5. The second-order valence-corrected chi connectivity index (χ2v) is 28.0. The van der Waals surface area contributed by atoms with E-state index in [1.165, 1.54) is 6.42 Å². The third-order valence-electron chi connectivity index (χ3n) is 18.4. The van der Waals surface area contributed by atoms with Crippen LogP contribution in [0.25, 0.3) is 0 Å². The molecule has 0 aromatic carbocycles. The molecule has 0 aromatic heterocycles. The summed E-state index contributed by atoms with van der Waals surface area (Å²) in [5, 5.41) is 0. The van der Waals surface area contributed by atoms with Crippen molar-refractivity contribution in [2.24, 2.45) is 67.0 Å². The van der Waals surface area contributed by atoms with E-state index in [1.54, 1.807) is 0 Å². The van der Waals surface area contributed by atoms with Crippen LogP contribution >= 0.6 is 32.0 Å². The molecule has 8 bridgehead atoms. The van der Waals surface area contributed by atoms with Crippen LogP contribution in [0.4, 0.5) is 4.39 Å². The van der Waals surface area contributed by atoms with Gasteiger partial charge < -0.3 is 0 Å². The molecule has 8 rings (SSSR count). The predicted molar refractivity (Wildman–Crippen MR) is 252 cm³/mol. The van der Waals surface area contributed by atoms with Gasteiger partial charge in [0.05, 0.1) is 25.4 Å². The van der Waals surface area contributed by atoms with E-state index in [2.05, 4.69) is 56.0 Å². The van der Waals surface area contributed by atoms with E-state index in [-0.39, 0.29) is 67.8 Å². The molecular weight excluding hydrogens is 1070 g/mol. The van der Waals surface area contributed by atoms with Crippen LogP contribution in [0, 0.1) is 67.0 Å². The van der Waals surface area contributed by atoms with Crippen LogP contribution in [0.5, 0.6) is 0 Å². The van der Waals surface area contributed by atoms with Gasteiger partial charge in [-0.2, -0.15) is 8.42 Å². The zero-order chi connectivity index (χ0) is 52.8. The number of carbonyl (C=O) groups excluding carboxylic acids is 5. The molecular formula is C43H68Cl3FMgO14S3Se. The Morgan fingerprint density at radius 2 is 0.955 bits per heavy atom. The molecule has 8 atom stereocenters. The van der Waals surface area contributed by atoms with E-state index in [4.69, 9.17) is 31.7 Å². The van der Waals surface area contributed by atoms with Gasteiger partial charge in [-0.15, -0.1) is 0 Å². The van der Waals surface area contributed by atoms with Gasteiger partial charge in [0.25, 0.3) is 10.1 Å². The van der Waals surface area contributed by atoms with Crippen LogP contribution in [0.1, 0.15) is 154 Å². The van der Waals surface area contributed by atoms with E-state index in [0.717, 1.165) is 51.4 Å². The maximum absolute atomic E-state index is 11.9. The number of fused-ring (bicyclic) bond motifs is 8. The van der Waals surface area contributed by atoms with Crippen molar-refractivity contribution in [3.63, 3.8) is 0 Å². The Morgan fingerprint density at radius 3 is 1.14 bits per heavy atom. The second-order valence-electron chi connectivity index (χ2n) is 21.0. The topological polar surface area (TPSA) is 242 Å². The number of ketones is 5. The van der Waals surface area contributed by atoms with Gasteiger partial charge in [0.2, 0.25) is 29.8 Å². The average Bonchev–Trinajstić information content (AvgIpc) is 3.95. The van der Waals surface area contributed by atoms with Crippen molar-refractivity contribution in [2.75, 3.05) is 18.7 Å². The average molecular weight is 1130 g/mol. The van der Waals surface area contributed by atoms with E-state index < -0.39 is 67.0 Å². The number of halogens is 4. The maximum atomic E-state index is 11.9. The number of Topliss-reactive ketones (excluding diaryl/α,β-unsaturated/α-hetero) is 5. The standard InChI is InChI=1S/C11H16O2.C11H18O.C10H15ClO3S.C10H16O4S.CH3F.Cl2OS.Mg.O2Se.O/c1-4-11-6-5-7(10(11,2)3)8(12)9(11)13;1-4-11-6-5-8(7-9(11)12)10(11,2)3;1-9(2)7-3-4-10(9,8(12)5-7)6-15(11,13)14;1-9(2)7-3-4-10(9,8(11)5-7)6-15(12,13)14;1-2;1-4(2)3;;1-3-2;/h7H,4-6H2,1-3H3;8H,4-7H2,1-3H3;7H,3-6H2,1-2H3;7H,3-6H2,1-2H3,(H,12,13,14);1H3;;;;/i;;;;1D;;;;. The molecule has 0 spiro atoms. The second kappa shape index (κ2) is 23.6. The Kier molecular flexibility index (Phi) is 22.2. The summed E-state index contributed by atoms with van der Waals surface area (Å²) < 4.78 is 103. The van der Waals surface area contributed by atoms with Gasteiger partial charge in [0.15, 0.2) is 0 Å². The quantitative estimate of drug-likeness (QED) is 0.114. The van der Waals surface area contributed by atoms with Crippen molar-refractivity contribution >= 4 is 126 Å². The summed E-state index contributed by atoms with van der Waals surface area (Å²) in [4.78, 5) is 59.0. The molecule has 0 radical (unpaired) electrons. The summed E-state index contributed by atoms with van der Waals surface area (Å²) in [6.07, 6.45) is 11.1. The summed E-state index contributed by atoms with van der Waals surface area (Å²) in [5.74, 6) is 1.20. The van der Waals surface area contributed by atoms with Gasteiger partial charge >= 0.3 is 47.4 Å².